The number of piperidine rings is 1. The SMILES string of the molecule is Cc1cc(C#Cc2cccc(F)c2)cnc1NC(=O)c1nn(CCC2CCN(C(=O)C3CC3)CC2)cc1Cl. The number of halogens is 2. The van der Waals surface area contributed by atoms with Crippen molar-refractivity contribution in [3.05, 3.63) is 75.9 Å². The first-order valence-electron chi connectivity index (χ1n) is 12.9. The molecule has 3 aromatic rings. The minimum atomic E-state index is -0.435. The highest BCUT2D eigenvalue weighted by molar-refractivity contribution is 6.34. The Hall–Kier alpha value is -3.70. The molecule has 0 spiro atoms. The quantitative estimate of drug-likeness (QED) is 0.449. The Morgan fingerprint density at radius 1 is 1.13 bits per heavy atom. The van der Waals surface area contributed by atoms with Gasteiger partial charge in [0.25, 0.3) is 5.91 Å². The molecule has 196 valence electrons. The average molecular weight is 534 g/mol. The Labute approximate surface area is 226 Å². The third-order valence-corrected chi connectivity index (χ3v) is 7.31. The van der Waals surface area contributed by atoms with Crippen LogP contribution in [-0.2, 0) is 11.3 Å². The lowest BCUT2D eigenvalue weighted by Crippen LogP contribution is -2.39. The van der Waals surface area contributed by atoms with Crippen LogP contribution in [0.5, 0.6) is 0 Å². The molecule has 7 nitrogen and oxygen atoms in total. The fourth-order valence-electron chi connectivity index (χ4n) is 4.66. The number of nitrogens with one attached hydrogen (secondary N) is 1. The van der Waals surface area contributed by atoms with Crippen LogP contribution in [0.3, 0.4) is 0 Å². The maximum absolute atomic E-state index is 13.3. The Morgan fingerprint density at radius 2 is 1.89 bits per heavy atom. The van der Waals surface area contributed by atoms with Crippen LogP contribution < -0.4 is 5.32 Å². The van der Waals surface area contributed by atoms with Gasteiger partial charge in [0.1, 0.15) is 11.6 Å². The predicted octanol–water partition coefficient (Wildman–Crippen LogP) is 5.07. The summed E-state index contributed by atoms with van der Waals surface area (Å²) < 4.78 is 15.1. The summed E-state index contributed by atoms with van der Waals surface area (Å²) in [5, 5.41) is 7.47. The zero-order valence-corrected chi connectivity index (χ0v) is 22.0. The summed E-state index contributed by atoms with van der Waals surface area (Å²) in [5.74, 6) is 6.62. The van der Waals surface area contributed by atoms with Gasteiger partial charge in [-0.05, 0) is 74.8 Å². The Kier molecular flexibility index (Phi) is 7.75. The third kappa shape index (κ3) is 6.40. The molecule has 38 heavy (non-hydrogen) atoms. The first-order chi connectivity index (χ1) is 18.4. The van der Waals surface area contributed by atoms with Crippen molar-refractivity contribution in [1.82, 2.24) is 19.7 Å². The van der Waals surface area contributed by atoms with Gasteiger partial charge in [-0.15, -0.1) is 0 Å². The van der Waals surface area contributed by atoms with Gasteiger partial charge in [0.15, 0.2) is 5.69 Å². The van der Waals surface area contributed by atoms with Gasteiger partial charge in [0.05, 0.1) is 5.02 Å². The smallest absolute Gasteiger partial charge is 0.278 e. The van der Waals surface area contributed by atoms with Crippen LogP contribution in [-0.4, -0.2) is 44.6 Å². The van der Waals surface area contributed by atoms with Crippen molar-refractivity contribution in [2.24, 2.45) is 11.8 Å². The van der Waals surface area contributed by atoms with Crippen molar-refractivity contribution in [1.29, 1.82) is 0 Å². The van der Waals surface area contributed by atoms with Gasteiger partial charge in [0.2, 0.25) is 5.91 Å². The zero-order valence-electron chi connectivity index (χ0n) is 21.2. The van der Waals surface area contributed by atoms with E-state index in [9.17, 15) is 14.0 Å². The molecule has 0 atom stereocenters. The van der Waals surface area contributed by atoms with E-state index in [0.717, 1.165) is 50.8 Å². The Balaban J connectivity index is 1.15. The van der Waals surface area contributed by atoms with Crippen LogP contribution in [0.15, 0.2) is 42.7 Å². The number of carbonyl (C=O) groups excluding carboxylic acids is 2. The predicted molar refractivity (Wildman–Crippen MR) is 143 cm³/mol. The number of likely N-dealkylation sites (tertiary alicyclic amines) is 1. The summed E-state index contributed by atoms with van der Waals surface area (Å²) in [6.45, 7) is 4.13. The van der Waals surface area contributed by atoms with Crippen molar-refractivity contribution in [3.63, 3.8) is 0 Å². The van der Waals surface area contributed by atoms with E-state index in [0.29, 0.717) is 35.3 Å². The molecule has 1 aromatic carbocycles. The summed E-state index contributed by atoms with van der Waals surface area (Å²) in [5.41, 5.74) is 2.09. The molecule has 1 saturated heterocycles. The third-order valence-electron chi connectivity index (χ3n) is 7.04. The number of aryl methyl sites for hydroxylation is 2. The molecule has 1 saturated carbocycles. The minimum Gasteiger partial charge on any atom is -0.342 e. The van der Waals surface area contributed by atoms with Crippen LogP contribution in [0.2, 0.25) is 5.02 Å². The molecule has 1 aliphatic carbocycles. The molecule has 0 bridgehead atoms. The molecule has 0 radical (unpaired) electrons. The number of hydrogen-bond acceptors (Lipinski definition) is 4. The number of amides is 2. The first kappa shape index (κ1) is 25.9. The van der Waals surface area contributed by atoms with E-state index in [-0.39, 0.29) is 22.5 Å². The van der Waals surface area contributed by atoms with Crippen molar-refractivity contribution in [3.8, 4) is 11.8 Å². The Morgan fingerprint density at radius 3 is 2.61 bits per heavy atom. The Bertz CT molecular complexity index is 1410. The van der Waals surface area contributed by atoms with E-state index in [1.165, 1.54) is 12.1 Å². The summed E-state index contributed by atoms with van der Waals surface area (Å²) in [4.78, 5) is 31.5. The zero-order chi connectivity index (χ0) is 26.6. The van der Waals surface area contributed by atoms with Crippen molar-refractivity contribution in [2.75, 3.05) is 18.4 Å². The largest absolute Gasteiger partial charge is 0.342 e. The molecule has 1 N–H and O–H groups in total. The molecule has 5 rings (SSSR count). The molecule has 2 fully saturated rings. The van der Waals surface area contributed by atoms with E-state index in [4.69, 9.17) is 11.6 Å². The number of carbonyl (C=O) groups is 2. The van der Waals surface area contributed by atoms with E-state index in [1.54, 1.807) is 35.3 Å². The lowest BCUT2D eigenvalue weighted by Gasteiger charge is -2.32. The minimum absolute atomic E-state index is 0.146. The van der Waals surface area contributed by atoms with Gasteiger partial charge < -0.3 is 10.2 Å². The van der Waals surface area contributed by atoms with Crippen LogP contribution >= 0.6 is 11.6 Å². The van der Waals surface area contributed by atoms with Crippen LogP contribution in [0.1, 0.15) is 59.3 Å². The second-order valence-corrected chi connectivity index (χ2v) is 10.4. The first-order valence-corrected chi connectivity index (χ1v) is 13.3. The fraction of sp³-hybridized carbons (Fsp3) is 0.379. The van der Waals surface area contributed by atoms with Gasteiger partial charge in [-0.25, -0.2) is 9.37 Å². The number of nitrogens with zero attached hydrogens (tertiary/aromatic N) is 4. The number of anilines is 1. The molecule has 0 unspecified atom stereocenters. The second kappa shape index (κ2) is 11.4. The molecule has 2 aromatic heterocycles. The van der Waals surface area contributed by atoms with Crippen LogP contribution in [0.4, 0.5) is 10.2 Å². The van der Waals surface area contributed by atoms with Crippen molar-refractivity contribution in [2.45, 2.75) is 45.6 Å². The molecular formula is C29H29ClFN5O2. The van der Waals surface area contributed by atoms with Gasteiger partial charge in [0, 0.05) is 49.1 Å². The fourth-order valence-corrected chi connectivity index (χ4v) is 4.90. The summed E-state index contributed by atoms with van der Waals surface area (Å²) in [6, 6.07) is 7.88. The van der Waals surface area contributed by atoms with E-state index >= 15 is 0 Å². The highest BCUT2D eigenvalue weighted by Gasteiger charge is 2.34. The van der Waals surface area contributed by atoms with Gasteiger partial charge in [-0.1, -0.05) is 29.5 Å². The molecule has 3 heterocycles. The lowest BCUT2D eigenvalue weighted by molar-refractivity contribution is -0.134. The normalized spacial score (nSPS) is 15.6. The number of hydrogen-bond donors (Lipinski definition) is 1. The van der Waals surface area contributed by atoms with Gasteiger partial charge >= 0.3 is 0 Å². The topological polar surface area (TPSA) is 80.1 Å². The maximum atomic E-state index is 13.3. The monoisotopic (exact) mass is 533 g/mol. The summed E-state index contributed by atoms with van der Waals surface area (Å²) in [7, 11) is 0. The van der Waals surface area contributed by atoms with Crippen molar-refractivity contribution < 1.29 is 14.0 Å². The molecule has 2 aliphatic rings. The standard InChI is InChI=1S/C29H29ClFN5O2/c1-19-15-22(6-5-21-3-2-4-24(31)16-21)17-32-27(19)33-28(37)26-25(30)18-36(34-26)14-11-20-9-12-35(13-10-20)29(38)23-7-8-23/h2-4,15-18,20,23H,7-14H2,1H3,(H,32,33,37). The van der Waals surface area contributed by atoms with Gasteiger partial charge in [-0.2, -0.15) is 5.10 Å². The van der Waals surface area contributed by atoms with E-state index in [2.05, 4.69) is 27.2 Å². The number of benzene rings is 1. The van der Waals surface area contributed by atoms with E-state index < -0.39 is 5.91 Å². The summed E-state index contributed by atoms with van der Waals surface area (Å²) in [6.07, 6.45) is 8.23. The van der Waals surface area contributed by atoms with Crippen LogP contribution in [0.25, 0.3) is 0 Å². The van der Waals surface area contributed by atoms with Gasteiger partial charge in [-0.3, -0.25) is 14.3 Å². The van der Waals surface area contributed by atoms with E-state index in [1.807, 2.05) is 11.8 Å². The van der Waals surface area contributed by atoms with Crippen molar-refractivity contribution >= 4 is 29.2 Å². The number of aromatic nitrogens is 3. The average Bonchev–Trinajstić information content (AvgIpc) is 3.69. The highest BCUT2D eigenvalue weighted by Crippen LogP contribution is 2.33. The highest BCUT2D eigenvalue weighted by atomic mass is 35.5. The maximum Gasteiger partial charge on any atom is 0.278 e. The number of rotatable bonds is 6. The second-order valence-electron chi connectivity index (χ2n) is 10.0. The van der Waals surface area contributed by atoms with Crippen LogP contribution in [0, 0.1) is 36.4 Å². The molecule has 2 amide bonds. The lowest BCUT2D eigenvalue weighted by atomic mass is 9.93. The molecular weight excluding hydrogens is 505 g/mol. The molecule has 1 aliphatic heterocycles. The summed E-state index contributed by atoms with van der Waals surface area (Å²) >= 11 is 6.34. The number of pyridine rings is 1. The molecule has 9 heteroatoms.